The largest absolute Gasteiger partial charge is 0.352 e. The Morgan fingerprint density at radius 3 is 2.33 bits per heavy atom. The molecule has 2 aromatic rings. The Morgan fingerprint density at radius 2 is 1.67 bits per heavy atom. The normalized spacial score (nSPS) is 10.1. The number of amides is 1. The van der Waals surface area contributed by atoms with Crippen LogP contribution in [0, 0.1) is 3.57 Å². The summed E-state index contributed by atoms with van der Waals surface area (Å²) in [5, 5.41) is 2.93. The number of halogens is 1. The zero-order valence-corrected chi connectivity index (χ0v) is 12.1. The summed E-state index contributed by atoms with van der Waals surface area (Å²) in [4.78, 5) is 11.8. The van der Waals surface area contributed by atoms with Crippen molar-refractivity contribution in [1.29, 1.82) is 0 Å². The molecule has 0 atom stereocenters. The van der Waals surface area contributed by atoms with Crippen LogP contribution in [0.5, 0.6) is 0 Å². The van der Waals surface area contributed by atoms with E-state index in [4.69, 9.17) is 0 Å². The topological polar surface area (TPSA) is 29.1 Å². The standard InChI is InChI=1S/C15H14INO/c16-14-8-6-13(7-9-14)15(18)17-11-10-12-4-2-1-3-5-12/h1-9H,10-11H2,(H,17,18). The molecule has 0 aliphatic heterocycles. The fraction of sp³-hybridized carbons (Fsp3) is 0.133. The van der Waals surface area contributed by atoms with Crippen LogP contribution in [-0.2, 0) is 6.42 Å². The van der Waals surface area contributed by atoms with Crippen molar-refractivity contribution in [2.45, 2.75) is 6.42 Å². The van der Waals surface area contributed by atoms with Crippen LogP contribution in [0.4, 0.5) is 0 Å². The van der Waals surface area contributed by atoms with Crippen molar-refractivity contribution < 1.29 is 4.79 Å². The van der Waals surface area contributed by atoms with E-state index in [-0.39, 0.29) is 5.91 Å². The lowest BCUT2D eigenvalue weighted by Crippen LogP contribution is -2.25. The van der Waals surface area contributed by atoms with Gasteiger partial charge in [0.05, 0.1) is 0 Å². The third-order valence-corrected chi connectivity index (χ3v) is 3.37. The van der Waals surface area contributed by atoms with Gasteiger partial charge in [-0.3, -0.25) is 4.79 Å². The molecule has 0 fully saturated rings. The van der Waals surface area contributed by atoms with Gasteiger partial charge in [-0.25, -0.2) is 0 Å². The molecule has 0 saturated heterocycles. The smallest absolute Gasteiger partial charge is 0.251 e. The van der Waals surface area contributed by atoms with E-state index in [1.54, 1.807) is 0 Å². The number of rotatable bonds is 4. The van der Waals surface area contributed by atoms with E-state index in [9.17, 15) is 4.79 Å². The maximum absolute atomic E-state index is 11.8. The van der Waals surface area contributed by atoms with Gasteiger partial charge < -0.3 is 5.32 Å². The first-order valence-corrected chi connectivity index (χ1v) is 6.91. The Bertz CT molecular complexity index is 508. The zero-order chi connectivity index (χ0) is 12.8. The van der Waals surface area contributed by atoms with Crippen LogP contribution < -0.4 is 5.32 Å². The van der Waals surface area contributed by atoms with E-state index in [0.717, 1.165) is 9.99 Å². The minimum Gasteiger partial charge on any atom is -0.352 e. The van der Waals surface area contributed by atoms with Gasteiger partial charge in [0.25, 0.3) is 5.91 Å². The van der Waals surface area contributed by atoms with Crippen LogP contribution >= 0.6 is 22.6 Å². The first-order chi connectivity index (χ1) is 8.75. The maximum Gasteiger partial charge on any atom is 0.251 e. The molecule has 1 N–H and O–H groups in total. The molecule has 0 aliphatic carbocycles. The average molecular weight is 351 g/mol. The highest BCUT2D eigenvalue weighted by molar-refractivity contribution is 14.1. The van der Waals surface area contributed by atoms with Crippen LogP contribution in [-0.4, -0.2) is 12.5 Å². The summed E-state index contributed by atoms with van der Waals surface area (Å²) in [5.74, 6) is -0.0117. The van der Waals surface area contributed by atoms with Gasteiger partial charge in [-0.05, 0) is 58.8 Å². The van der Waals surface area contributed by atoms with Gasteiger partial charge >= 0.3 is 0 Å². The van der Waals surface area contributed by atoms with Gasteiger partial charge in [0, 0.05) is 15.7 Å². The number of hydrogen-bond acceptors (Lipinski definition) is 1. The van der Waals surface area contributed by atoms with Crippen molar-refractivity contribution in [2.24, 2.45) is 0 Å². The monoisotopic (exact) mass is 351 g/mol. The number of hydrogen-bond donors (Lipinski definition) is 1. The highest BCUT2D eigenvalue weighted by atomic mass is 127. The maximum atomic E-state index is 11.8. The Hall–Kier alpha value is -1.36. The van der Waals surface area contributed by atoms with E-state index < -0.39 is 0 Å². The minimum absolute atomic E-state index is 0.0117. The summed E-state index contributed by atoms with van der Waals surface area (Å²) in [5.41, 5.74) is 1.95. The van der Waals surface area contributed by atoms with Crippen LogP contribution in [0.3, 0.4) is 0 Å². The molecular formula is C15H14INO. The lowest BCUT2D eigenvalue weighted by atomic mass is 10.1. The van der Waals surface area contributed by atoms with Gasteiger partial charge in [-0.15, -0.1) is 0 Å². The molecule has 92 valence electrons. The van der Waals surface area contributed by atoms with Gasteiger partial charge in [0.1, 0.15) is 0 Å². The van der Waals surface area contributed by atoms with E-state index >= 15 is 0 Å². The second kappa shape index (κ2) is 6.54. The summed E-state index contributed by atoms with van der Waals surface area (Å²) in [6.45, 7) is 0.662. The Labute approximate surface area is 121 Å². The van der Waals surface area contributed by atoms with Gasteiger partial charge in [0.15, 0.2) is 0 Å². The van der Waals surface area contributed by atoms with Crippen molar-refractivity contribution in [3.05, 3.63) is 69.3 Å². The molecule has 0 saturated carbocycles. The lowest BCUT2D eigenvalue weighted by Gasteiger charge is -2.05. The van der Waals surface area contributed by atoms with Crippen molar-refractivity contribution in [2.75, 3.05) is 6.54 Å². The fourth-order valence-electron chi connectivity index (χ4n) is 1.67. The van der Waals surface area contributed by atoms with E-state index in [1.807, 2.05) is 42.5 Å². The third-order valence-electron chi connectivity index (χ3n) is 2.65. The highest BCUT2D eigenvalue weighted by Crippen LogP contribution is 2.06. The van der Waals surface area contributed by atoms with Gasteiger partial charge in [-0.2, -0.15) is 0 Å². The molecule has 0 unspecified atom stereocenters. The van der Waals surface area contributed by atoms with Crippen molar-refractivity contribution in [3.63, 3.8) is 0 Å². The van der Waals surface area contributed by atoms with Crippen LogP contribution in [0.1, 0.15) is 15.9 Å². The molecule has 0 heterocycles. The molecule has 1 amide bonds. The number of carbonyl (C=O) groups excluding carboxylic acids is 1. The molecular weight excluding hydrogens is 337 g/mol. The molecule has 0 spiro atoms. The van der Waals surface area contributed by atoms with E-state index in [2.05, 4.69) is 40.0 Å². The highest BCUT2D eigenvalue weighted by Gasteiger charge is 2.03. The summed E-state index contributed by atoms with van der Waals surface area (Å²) in [6.07, 6.45) is 0.858. The summed E-state index contributed by atoms with van der Waals surface area (Å²) in [7, 11) is 0. The SMILES string of the molecule is O=C(NCCc1ccccc1)c1ccc(I)cc1. The van der Waals surface area contributed by atoms with Crippen LogP contribution in [0.15, 0.2) is 54.6 Å². The Morgan fingerprint density at radius 1 is 1.00 bits per heavy atom. The molecule has 2 aromatic carbocycles. The first-order valence-electron chi connectivity index (χ1n) is 5.83. The second-order valence-corrected chi connectivity index (χ2v) is 5.24. The second-order valence-electron chi connectivity index (χ2n) is 4.00. The van der Waals surface area contributed by atoms with Crippen molar-refractivity contribution in [1.82, 2.24) is 5.32 Å². The summed E-state index contributed by atoms with van der Waals surface area (Å²) < 4.78 is 1.13. The third kappa shape index (κ3) is 3.84. The molecule has 2 rings (SSSR count). The van der Waals surface area contributed by atoms with Gasteiger partial charge in [0.2, 0.25) is 0 Å². The quantitative estimate of drug-likeness (QED) is 0.842. The Kier molecular flexibility index (Phi) is 4.75. The van der Waals surface area contributed by atoms with Crippen LogP contribution in [0.25, 0.3) is 0 Å². The molecule has 18 heavy (non-hydrogen) atoms. The lowest BCUT2D eigenvalue weighted by molar-refractivity contribution is 0.0954. The Balaban J connectivity index is 1.84. The molecule has 3 heteroatoms. The predicted octanol–water partition coefficient (Wildman–Crippen LogP) is 3.26. The van der Waals surface area contributed by atoms with Crippen LogP contribution in [0.2, 0.25) is 0 Å². The number of benzene rings is 2. The average Bonchev–Trinajstić information content (AvgIpc) is 2.40. The van der Waals surface area contributed by atoms with E-state index in [1.165, 1.54) is 5.56 Å². The zero-order valence-electron chi connectivity index (χ0n) is 9.90. The number of carbonyl (C=O) groups is 1. The van der Waals surface area contributed by atoms with Crippen molar-refractivity contribution >= 4 is 28.5 Å². The fourth-order valence-corrected chi connectivity index (χ4v) is 2.03. The molecule has 2 nitrogen and oxygen atoms in total. The van der Waals surface area contributed by atoms with Crippen molar-refractivity contribution in [3.8, 4) is 0 Å². The molecule has 0 aromatic heterocycles. The molecule has 0 bridgehead atoms. The number of nitrogens with one attached hydrogen (secondary N) is 1. The predicted molar refractivity (Wildman–Crippen MR) is 81.6 cm³/mol. The summed E-state index contributed by atoms with van der Waals surface area (Å²) in [6, 6.07) is 17.7. The van der Waals surface area contributed by atoms with E-state index in [0.29, 0.717) is 12.1 Å². The molecule has 0 aliphatic rings. The first kappa shape index (κ1) is 13.1. The molecule has 0 radical (unpaired) electrons. The van der Waals surface area contributed by atoms with Gasteiger partial charge in [-0.1, -0.05) is 30.3 Å². The minimum atomic E-state index is -0.0117. The summed E-state index contributed by atoms with van der Waals surface area (Å²) >= 11 is 2.22.